The average molecular weight is 1530 g/mol. The van der Waals surface area contributed by atoms with Gasteiger partial charge < -0.3 is 111 Å². The number of aliphatic hydroxyl groups is 3. The van der Waals surface area contributed by atoms with E-state index >= 15 is 0 Å². The molecule has 3 rings (SSSR count). The van der Waals surface area contributed by atoms with Gasteiger partial charge in [0, 0.05) is 25.1 Å². The number of carbonyl (C=O) groups is 15. The van der Waals surface area contributed by atoms with Crippen molar-refractivity contribution < 1.29 is 103 Å². The van der Waals surface area contributed by atoms with Crippen molar-refractivity contribution in [1.82, 2.24) is 68.7 Å². The van der Waals surface area contributed by atoms with Gasteiger partial charge in [-0.15, -0.1) is 0 Å². The molecule has 2 aromatic carbocycles. The van der Waals surface area contributed by atoms with Crippen LogP contribution in [0.15, 0.2) is 54.6 Å². The lowest BCUT2D eigenvalue weighted by Gasteiger charge is -2.31. The highest BCUT2D eigenvalue weighted by atomic mass is 32.1. The Kier molecular flexibility index (Phi) is 39.3. The van der Waals surface area contributed by atoms with Crippen molar-refractivity contribution in [2.75, 3.05) is 38.6 Å². The highest BCUT2D eigenvalue weighted by Gasteiger charge is 2.42. The third kappa shape index (κ3) is 31.0. The summed E-state index contributed by atoms with van der Waals surface area (Å²) in [6, 6.07) is -5.29. The number of unbranched alkanes of at least 4 members (excludes halogenated alkanes) is 1. The van der Waals surface area contributed by atoms with Gasteiger partial charge >= 0.3 is 11.9 Å². The summed E-state index contributed by atoms with van der Waals surface area (Å²) >= 11 is 4.26. The van der Waals surface area contributed by atoms with Gasteiger partial charge in [-0.05, 0) is 105 Å². The van der Waals surface area contributed by atoms with E-state index in [4.69, 9.17) is 16.6 Å². The number of nitrogens with zero attached hydrogens (tertiary/aromatic N) is 1. The molecule has 22 N–H and O–H groups in total. The molecule has 1 heterocycles. The quantitative estimate of drug-likeness (QED) is 0.0219. The largest absolute Gasteiger partial charge is 0.508 e. The molecule has 0 aromatic heterocycles. The summed E-state index contributed by atoms with van der Waals surface area (Å²) in [7, 11) is 0. The lowest BCUT2D eigenvalue weighted by atomic mass is 9.99. The van der Waals surface area contributed by atoms with Crippen LogP contribution in [-0.2, 0) is 84.8 Å². The lowest BCUT2D eigenvalue weighted by Crippen LogP contribution is -2.62. The summed E-state index contributed by atoms with van der Waals surface area (Å²) in [6.07, 6.45) is -2.18. The third-order valence-electron chi connectivity index (χ3n) is 17.2. The zero-order chi connectivity index (χ0) is 80.5. The SMILES string of the molecule is CC(C)C[C@H](NC(=O)[C@H](CS)NC(=O)[C@@H](NC(=O)[C@H](CC(C)C)NC(=O)[C@H](CO)NC(=O)[C@@H](N)C(C)C)[C@@H](C)O)C(=O)N[C@H](C(=O)N[C@@H](CCCCN)C(=O)NCC(=O)N[C@@H](Cc1ccccc1)C(=O)N[C@@H](Cc1ccc(O)cc1)C(=O)N1CCC[C@H]1C(=O)N[C@@H](CO)C(=O)N[C@@H](CC(=O)O)C(=O)O)C(C)C. The highest BCUT2D eigenvalue weighted by Crippen LogP contribution is 2.22. The van der Waals surface area contributed by atoms with Gasteiger partial charge in [-0.1, -0.05) is 97.9 Å². The summed E-state index contributed by atoms with van der Waals surface area (Å²) in [5.74, 6) is -17.3. The zero-order valence-electron chi connectivity index (χ0n) is 61.8. The Morgan fingerprint density at radius 1 is 0.514 bits per heavy atom. The number of likely N-dealkylation sites (tertiary alicyclic amines) is 1. The second kappa shape index (κ2) is 45.8. The first kappa shape index (κ1) is 91.6. The van der Waals surface area contributed by atoms with Gasteiger partial charge in [-0.25, -0.2) is 4.79 Å². The van der Waals surface area contributed by atoms with Gasteiger partial charge in [0.25, 0.3) is 0 Å². The Bertz CT molecular complexity index is 3350. The number of carbonyl (C=O) groups excluding carboxylic acids is 13. The number of hydrogen-bond acceptors (Lipinski definition) is 22. The first-order valence-electron chi connectivity index (χ1n) is 35.5. The zero-order valence-corrected chi connectivity index (χ0v) is 62.7. The molecular weight excluding hydrogens is 1420 g/mol. The molecule has 107 heavy (non-hydrogen) atoms. The summed E-state index contributed by atoms with van der Waals surface area (Å²) in [5, 5.41) is 89.1. The fourth-order valence-corrected chi connectivity index (χ4v) is 11.4. The van der Waals surface area contributed by atoms with E-state index < -0.39 is 205 Å². The van der Waals surface area contributed by atoms with Crippen LogP contribution in [0.2, 0.25) is 0 Å². The number of aliphatic carboxylic acids is 2. The summed E-state index contributed by atoms with van der Waals surface area (Å²) in [4.78, 5) is 205. The number of nitrogens with one attached hydrogen (secondary N) is 12. The van der Waals surface area contributed by atoms with Crippen molar-refractivity contribution in [2.24, 2.45) is 35.1 Å². The maximum atomic E-state index is 14.7. The molecule has 1 saturated heterocycles. The number of thiol groups is 1. The molecule has 37 heteroatoms. The minimum absolute atomic E-state index is 0.00943. The molecule has 14 atom stereocenters. The highest BCUT2D eigenvalue weighted by molar-refractivity contribution is 7.80. The van der Waals surface area contributed by atoms with Crippen molar-refractivity contribution in [3.8, 4) is 5.75 Å². The Morgan fingerprint density at radius 3 is 1.49 bits per heavy atom. The molecule has 0 radical (unpaired) electrons. The van der Waals surface area contributed by atoms with Crippen molar-refractivity contribution in [1.29, 1.82) is 0 Å². The summed E-state index contributed by atoms with van der Waals surface area (Å²) < 4.78 is 0. The Labute approximate surface area is 626 Å². The first-order valence-corrected chi connectivity index (χ1v) is 36.1. The molecule has 0 aliphatic carbocycles. The van der Waals surface area contributed by atoms with Crippen molar-refractivity contribution in [2.45, 2.75) is 211 Å². The molecule has 13 amide bonds. The maximum Gasteiger partial charge on any atom is 0.326 e. The molecular formula is C70H109N15O21S. The lowest BCUT2D eigenvalue weighted by molar-refractivity contribution is -0.147. The standard InChI is InChI=1S/C70H109N15O21S/c1-35(2)26-44(77-64(99)51(34-107)82-68(103)57(39(9)88)84-61(96)45(27-36(3)4)76-62(97)50(33-87)81-66(101)55(72)37(5)6)60(95)83-56(38(7)8)67(102)75-43(18-13-14-24-71)58(93)73-31-53(90)74-46(28-40-16-11-10-12-17-40)59(94)78-47(29-41-20-22-42(89)23-21-41)69(104)85-25-15-19-52(85)65(100)80-49(32-86)63(98)79-48(70(105)106)30-54(91)92/h10-12,16-17,20-23,35-39,43-52,55-57,86-89,107H,13-15,18-19,24-34,71-72H2,1-9H3,(H,73,93)(H,74,90)(H,75,102)(H,76,97)(H,77,99)(H,78,94)(H,79,98)(H,80,100)(H,81,101)(H,82,103)(H,83,95)(H,84,96)(H,91,92)(H,105,106)/t39-,43+,44+,45+,46+,47+,48+,49+,50+,51+,52+,55+,56+,57+/m1/s1. The number of hydrogen-bond donors (Lipinski definition) is 21. The van der Waals surface area contributed by atoms with E-state index in [0.29, 0.717) is 17.5 Å². The molecule has 0 bridgehead atoms. The number of rotatable bonds is 46. The van der Waals surface area contributed by atoms with Crippen LogP contribution in [0.3, 0.4) is 0 Å². The van der Waals surface area contributed by atoms with Crippen LogP contribution in [0.5, 0.6) is 5.75 Å². The van der Waals surface area contributed by atoms with Crippen molar-refractivity contribution in [3.05, 3.63) is 65.7 Å². The van der Waals surface area contributed by atoms with Crippen LogP contribution in [0.1, 0.15) is 125 Å². The van der Waals surface area contributed by atoms with Gasteiger partial charge in [0.1, 0.15) is 78.3 Å². The van der Waals surface area contributed by atoms with Crippen LogP contribution < -0.4 is 75.3 Å². The molecule has 2 aromatic rings. The van der Waals surface area contributed by atoms with E-state index in [0.717, 1.165) is 4.90 Å². The number of phenolic OH excluding ortho intramolecular Hbond substituents is 1. The molecule has 596 valence electrons. The topological polar surface area (TPSA) is 577 Å². The fourth-order valence-electron chi connectivity index (χ4n) is 11.2. The number of nitrogens with two attached hydrogens (primary N) is 2. The molecule has 1 aliphatic heterocycles. The first-order chi connectivity index (χ1) is 50.4. The third-order valence-corrected chi connectivity index (χ3v) is 17.6. The van der Waals surface area contributed by atoms with Gasteiger partial charge in [-0.3, -0.25) is 67.1 Å². The number of amides is 13. The molecule has 0 saturated carbocycles. The summed E-state index contributed by atoms with van der Waals surface area (Å²) in [5.41, 5.74) is 12.7. The van der Waals surface area contributed by atoms with E-state index in [1.807, 2.05) is 5.32 Å². The predicted molar refractivity (Wildman–Crippen MR) is 390 cm³/mol. The molecule has 1 aliphatic rings. The van der Waals surface area contributed by atoms with Crippen LogP contribution in [0.4, 0.5) is 0 Å². The van der Waals surface area contributed by atoms with Crippen LogP contribution in [0, 0.1) is 23.7 Å². The smallest absolute Gasteiger partial charge is 0.326 e. The van der Waals surface area contributed by atoms with E-state index in [9.17, 15) is 97.5 Å². The maximum absolute atomic E-state index is 14.7. The Balaban J connectivity index is 1.84. The minimum Gasteiger partial charge on any atom is -0.508 e. The van der Waals surface area contributed by atoms with Crippen LogP contribution in [0.25, 0.3) is 0 Å². The number of carboxylic acid groups (broad SMARTS) is 2. The number of aliphatic hydroxyl groups excluding tert-OH is 3. The second-order valence-corrected chi connectivity index (χ2v) is 28.2. The molecule has 0 unspecified atom stereocenters. The van der Waals surface area contributed by atoms with Gasteiger partial charge in [0.05, 0.1) is 38.3 Å². The Morgan fingerprint density at radius 2 is 0.981 bits per heavy atom. The number of carboxylic acids is 2. The van der Waals surface area contributed by atoms with E-state index in [1.165, 1.54) is 31.2 Å². The predicted octanol–water partition coefficient (Wildman–Crippen LogP) is -4.67. The summed E-state index contributed by atoms with van der Waals surface area (Å²) in [6.45, 7) is 12.1. The number of benzene rings is 2. The molecule has 36 nitrogen and oxygen atoms in total. The second-order valence-electron chi connectivity index (χ2n) is 27.8. The number of phenols is 1. The normalized spacial score (nSPS) is 16.4. The van der Waals surface area contributed by atoms with Crippen molar-refractivity contribution in [3.63, 3.8) is 0 Å². The van der Waals surface area contributed by atoms with E-state index in [-0.39, 0.29) is 93.7 Å². The van der Waals surface area contributed by atoms with Gasteiger partial charge in [0.15, 0.2) is 0 Å². The van der Waals surface area contributed by atoms with E-state index in [2.05, 4.69) is 71.1 Å². The molecule has 0 spiro atoms. The van der Waals surface area contributed by atoms with Gasteiger partial charge in [0.2, 0.25) is 76.8 Å². The fraction of sp³-hybridized carbons (Fsp3) is 0.614. The minimum atomic E-state index is -1.92. The average Bonchev–Trinajstić information content (AvgIpc) is 1.75. The monoisotopic (exact) mass is 1530 g/mol. The number of aromatic hydroxyl groups is 1. The van der Waals surface area contributed by atoms with Crippen LogP contribution in [-0.4, -0.2) is 248 Å². The Hall–Kier alpha value is -9.56. The van der Waals surface area contributed by atoms with Gasteiger partial charge in [-0.2, -0.15) is 12.6 Å². The van der Waals surface area contributed by atoms with E-state index in [1.54, 1.807) is 85.7 Å². The van der Waals surface area contributed by atoms with Crippen LogP contribution >= 0.6 is 12.6 Å². The molecule has 1 fully saturated rings. The van der Waals surface area contributed by atoms with Crippen molar-refractivity contribution >= 4 is 101 Å².